The summed E-state index contributed by atoms with van der Waals surface area (Å²) in [7, 11) is 0. The fourth-order valence-electron chi connectivity index (χ4n) is 4.09. The second-order valence-corrected chi connectivity index (χ2v) is 7.57. The minimum absolute atomic E-state index is 0.0945. The highest BCUT2D eigenvalue weighted by Gasteiger charge is 2.20. The summed E-state index contributed by atoms with van der Waals surface area (Å²) in [6.07, 6.45) is 4.54. The molecule has 0 bridgehead atoms. The summed E-state index contributed by atoms with van der Waals surface area (Å²) in [4.78, 5) is 17.0. The van der Waals surface area contributed by atoms with Crippen molar-refractivity contribution in [3.05, 3.63) is 65.2 Å². The molecule has 2 aromatic carbocycles. The molecule has 1 saturated heterocycles. The smallest absolute Gasteiger partial charge is 0.260 e. The van der Waals surface area contributed by atoms with Crippen molar-refractivity contribution in [2.75, 3.05) is 32.8 Å². The lowest BCUT2D eigenvalue weighted by Crippen LogP contribution is -2.38. The van der Waals surface area contributed by atoms with E-state index in [2.05, 4.69) is 41.3 Å². The Morgan fingerprint density at radius 3 is 2.63 bits per heavy atom. The number of aryl methyl sites for hydroxylation is 2. The average Bonchev–Trinajstić information content (AvgIpc) is 3.04. The van der Waals surface area contributed by atoms with E-state index in [0.29, 0.717) is 0 Å². The van der Waals surface area contributed by atoms with Crippen molar-refractivity contribution in [3.8, 4) is 5.75 Å². The topological polar surface area (TPSA) is 32.8 Å². The summed E-state index contributed by atoms with van der Waals surface area (Å²) in [6.45, 7) is 4.63. The molecule has 4 nitrogen and oxygen atoms in total. The van der Waals surface area contributed by atoms with Gasteiger partial charge >= 0.3 is 0 Å². The summed E-state index contributed by atoms with van der Waals surface area (Å²) < 4.78 is 5.80. The van der Waals surface area contributed by atoms with Gasteiger partial charge in [0, 0.05) is 32.7 Å². The standard InChI is InChI=1S/C23H28N2O2/c26-23(18-27-22-11-10-20-8-4-9-21(20)16-22)25-13-5-12-24(14-15-25)17-19-6-2-1-3-7-19/h1-3,6-7,10-11,16H,4-5,8-9,12-15,17-18H2. The second kappa shape index (κ2) is 8.57. The van der Waals surface area contributed by atoms with Gasteiger partial charge in [-0.1, -0.05) is 36.4 Å². The SMILES string of the molecule is O=C(COc1ccc2c(c1)CCC2)N1CCCN(Cc2ccccc2)CC1. The molecule has 0 N–H and O–H groups in total. The monoisotopic (exact) mass is 364 g/mol. The number of hydrogen-bond donors (Lipinski definition) is 0. The number of nitrogens with zero attached hydrogens (tertiary/aromatic N) is 2. The molecule has 1 fully saturated rings. The van der Waals surface area contributed by atoms with Crippen LogP contribution in [0.15, 0.2) is 48.5 Å². The van der Waals surface area contributed by atoms with Crippen LogP contribution in [0.3, 0.4) is 0 Å². The molecule has 0 atom stereocenters. The van der Waals surface area contributed by atoms with Crippen LogP contribution in [0.2, 0.25) is 0 Å². The molecule has 0 spiro atoms. The summed E-state index contributed by atoms with van der Waals surface area (Å²) in [5.41, 5.74) is 4.14. The summed E-state index contributed by atoms with van der Waals surface area (Å²) in [6, 6.07) is 16.8. The highest BCUT2D eigenvalue weighted by molar-refractivity contribution is 5.77. The molecule has 0 aromatic heterocycles. The Morgan fingerprint density at radius 1 is 0.889 bits per heavy atom. The predicted molar refractivity (Wildman–Crippen MR) is 107 cm³/mol. The Balaban J connectivity index is 1.27. The first-order valence-electron chi connectivity index (χ1n) is 10.1. The first-order chi connectivity index (χ1) is 13.3. The third-order valence-electron chi connectivity index (χ3n) is 5.62. The zero-order chi connectivity index (χ0) is 18.5. The zero-order valence-corrected chi connectivity index (χ0v) is 15.9. The predicted octanol–water partition coefficient (Wildman–Crippen LogP) is 3.29. The van der Waals surface area contributed by atoms with Crippen molar-refractivity contribution < 1.29 is 9.53 Å². The van der Waals surface area contributed by atoms with Crippen molar-refractivity contribution in [2.24, 2.45) is 0 Å². The Labute approximate surface area is 161 Å². The van der Waals surface area contributed by atoms with E-state index in [-0.39, 0.29) is 12.5 Å². The van der Waals surface area contributed by atoms with E-state index in [0.717, 1.165) is 51.3 Å². The molecule has 1 heterocycles. The number of carbonyl (C=O) groups is 1. The van der Waals surface area contributed by atoms with E-state index < -0.39 is 0 Å². The maximum absolute atomic E-state index is 12.6. The molecule has 1 aliphatic carbocycles. The van der Waals surface area contributed by atoms with Gasteiger partial charge in [0.2, 0.25) is 0 Å². The molecule has 27 heavy (non-hydrogen) atoms. The van der Waals surface area contributed by atoms with Crippen molar-refractivity contribution in [1.82, 2.24) is 9.80 Å². The lowest BCUT2D eigenvalue weighted by atomic mass is 10.1. The number of fused-ring (bicyclic) bond motifs is 1. The van der Waals surface area contributed by atoms with E-state index in [1.165, 1.54) is 29.5 Å². The van der Waals surface area contributed by atoms with Crippen LogP contribution in [0.4, 0.5) is 0 Å². The highest BCUT2D eigenvalue weighted by Crippen LogP contribution is 2.26. The summed E-state index contributed by atoms with van der Waals surface area (Å²) in [5, 5.41) is 0. The fraction of sp³-hybridized carbons (Fsp3) is 0.435. The van der Waals surface area contributed by atoms with Gasteiger partial charge in [0.25, 0.3) is 5.91 Å². The molecule has 1 amide bonds. The van der Waals surface area contributed by atoms with Gasteiger partial charge in [-0.15, -0.1) is 0 Å². The maximum Gasteiger partial charge on any atom is 0.260 e. The van der Waals surface area contributed by atoms with Crippen molar-refractivity contribution in [2.45, 2.75) is 32.2 Å². The fourth-order valence-corrected chi connectivity index (χ4v) is 4.09. The minimum Gasteiger partial charge on any atom is -0.484 e. The minimum atomic E-state index is 0.0945. The number of rotatable bonds is 5. The molecule has 142 valence electrons. The van der Waals surface area contributed by atoms with Gasteiger partial charge in [-0.3, -0.25) is 9.69 Å². The van der Waals surface area contributed by atoms with Gasteiger partial charge in [0.15, 0.2) is 6.61 Å². The van der Waals surface area contributed by atoms with Crippen LogP contribution < -0.4 is 4.74 Å². The largest absolute Gasteiger partial charge is 0.484 e. The second-order valence-electron chi connectivity index (χ2n) is 7.57. The van der Waals surface area contributed by atoms with Gasteiger partial charge in [-0.2, -0.15) is 0 Å². The highest BCUT2D eigenvalue weighted by atomic mass is 16.5. The zero-order valence-electron chi connectivity index (χ0n) is 15.9. The van der Waals surface area contributed by atoms with Crippen LogP contribution in [0.25, 0.3) is 0 Å². The molecule has 0 saturated carbocycles. The molecule has 4 rings (SSSR count). The molecule has 1 aliphatic heterocycles. The first kappa shape index (κ1) is 18.1. The maximum atomic E-state index is 12.6. The Morgan fingerprint density at radius 2 is 1.74 bits per heavy atom. The van der Waals surface area contributed by atoms with E-state index in [1.807, 2.05) is 17.0 Å². The van der Waals surface area contributed by atoms with Crippen LogP contribution in [-0.4, -0.2) is 48.5 Å². The molecule has 0 radical (unpaired) electrons. The van der Waals surface area contributed by atoms with Gasteiger partial charge in [-0.25, -0.2) is 0 Å². The Bertz CT molecular complexity index is 775. The van der Waals surface area contributed by atoms with Crippen LogP contribution in [0.5, 0.6) is 5.75 Å². The van der Waals surface area contributed by atoms with E-state index in [4.69, 9.17) is 4.74 Å². The average molecular weight is 364 g/mol. The molecular formula is C23H28N2O2. The van der Waals surface area contributed by atoms with Crippen LogP contribution in [0.1, 0.15) is 29.5 Å². The third kappa shape index (κ3) is 4.69. The molecule has 2 aliphatic rings. The Kier molecular flexibility index (Phi) is 5.73. The number of benzene rings is 2. The van der Waals surface area contributed by atoms with Crippen LogP contribution >= 0.6 is 0 Å². The van der Waals surface area contributed by atoms with Gasteiger partial charge in [0.1, 0.15) is 5.75 Å². The van der Waals surface area contributed by atoms with Crippen LogP contribution in [0, 0.1) is 0 Å². The van der Waals surface area contributed by atoms with Crippen molar-refractivity contribution in [3.63, 3.8) is 0 Å². The quantitative estimate of drug-likeness (QED) is 0.816. The number of carbonyl (C=O) groups excluding carboxylic acids is 1. The molecule has 0 unspecified atom stereocenters. The summed E-state index contributed by atoms with van der Waals surface area (Å²) in [5.74, 6) is 0.918. The van der Waals surface area contributed by atoms with E-state index in [9.17, 15) is 4.79 Å². The number of ether oxygens (including phenoxy) is 1. The third-order valence-corrected chi connectivity index (χ3v) is 5.62. The molecular weight excluding hydrogens is 336 g/mol. The lowest BCUT2D eigenvalue weighted by Gasteiger charge is -2.22. The van der Waals surface area contributed by atoms with Crippen molar-refractivity contribution in [1.29, 1.82) is 0 Å². The van der Waals surface area contributed by atoms with Gasteiger partial charge in [-0.05, 0) is 54.5 Å². The first-order valence-corrected chi connectivity index (χ1v) is 10.1. The Hall–Kier alpha value is -2.33. The molecule has 2 aromatic rings. The van der Waals surface area contributed by atoms with Crippen LogP contribution in [-0.2, 0) is 24.2 Å². The lowest BCUT2D eigenvalue weighted by molar-refractivity contribution is -0.133. The van der Waals surface area contributed by atoms with Gasteiger partial charge in [0.05, 0.1) is 0 Å². The van der Waals surface area contributed by atoms with Crippen molar-refractivity contribution >= 4 is 5.91 Å². The van der Waals surface area contributed by atoms with E-state index >= 15 is 0 Å². The summed E-state index contributed by atoms with van der Waals surface area (Å²) >= 11 is 0. The van der Waals surface area contributed by atoms with Gasteiger partial charge < -0.3 is 9.64 Å². The normalized spacial score (nSPS) is 17.4. The molecule has 4 heteroatoms. The van der Waals surface area contributed by atoms with E-state index in [1.54, 1.807) is 0 Å². The number of amides is 1. The number of hydrogen-bond acceptors (Lipinski definition) is 3.